The zero-order valence-electron chi connectivity index (χ0n) is 7.16. The van der Waals surface area contributed by atoms with E-state index in [1.54, 1.807) is 19.4 Å². The lowest BCUT2D eigenvalue weighted by molar-refractivity contribution is 0.394. The molecular weight excluding hydrogens is 152 g/mol. The number of hydrogen-bond acceptors (Lipinski definition) is 3. The van der Waals surface area contributed by atoms with Gasteiger partial charge < -0.3 is 4.74 Å². The van der Waals surface area contributed by atoms with Crippen molar-refractivity contribution in [3.8, 4) is 5.88 Å². The number of rotatable bonds is 3. The highest BCUT2D eigenvalue weighted by Gasteiger charge is 2.22. The number of nitrogens with zero attached hydrogens (tertiary/aromatic N) is 2. The molecule has 0 spiro atoms. The van der Waals surface area contributed by atoms with Crippen LogP contribution in [0.4, 0.5) is 0 Å². The van der Waals surface area contributed by atoms with Gasteiger partial charge in [0, 0.05) is 18.7 Å². The highest BCUT2D eigenvalue weighted by Crippen LogP contribution is 2.31. The van der Waals surface area contributed by atoms with Crippen LogP contribution in [0.1, 0.15) is 18.7 Å². The summed E-state index contributed by atoms with van der Waals surface area (Å²) in [6, 6.07) is 1.77. The molecule has 0 radical (unpaired) electrons. The molecule has 64 valence electrons. The molecule has 0 aliphatic heterocycles. The summed E-state index contributed by atoms with van der Waals surface area (Å²) in [6.45, 7) is 0. The zero-order valence-corrected chi connectivity index (χ0v) is 7.16. The Bertz CT molecular complexity index is 271. The lowest BCUT2D eigenvalue weighted by Crippen LogP contribution is -1.97. The molecule has 2 rings (SSSR count). The number of aromatic nitrogens is 2. The van der Waals surface area contributed by atoms with E-state index in [9.17, 15) is 0 Å². The van der Waals surface area contributed by atoms with Crippen LogP contribution >= 0.6 is 0 Å². The molecular formula is C9H12N2O. The lowest BCUT2D eigenvalue weighted by atomic mass is 10.3. The topological polar surface area (TPSA) is 35.0 Å². The summed E-state index contributed by atoms with van der Waals surface area (Å²) in [7, 11) is 1.63. The van der Waals surface area contributed by atoms with Crippen LogP contribution in [0.2, 0.25) is 0 Å². The van der Waals surface area contributed by atoms with E-state index in [1.165, 1.54) is 12.8 Å². The number of ether oxygens (including phenoxy) is 1. The largest absolute Gasteiger partial charge is 0.481 e. The molecule has 1 saturated carbocycles. The fraction of sp³-hybridized carbons (Fsp3) is 0.556. The first-order valence-electron chi connectivity index (χ1n) is 4.24. The summed E-state index contributed by atoms with van der Waals surface area (Å²) in [5, 5.41) is 0. The maximum Gasteiger partial charge on any atom is 0.216 e. The summed E-state index contributed by atoms with van der Waals surface area (Å²) >= 11 is 0. The predicted molar refractivity (Wildman–Crippen MR) is 45.0 cm³/mol. The Balaban J connectivity index is 2.08. The molecule has 12 heavy (non-hydrogen) atoms. The summed E-state index contributed by atoms with van der Waals surface area (Å²) in [5.41, 5.74) is 0. The van der Waals surface area contributed by atoms with E-state index >= 15 is 0 Å². The van der Waals surface area contributed by atoms with Gasteiger partial charge in [0.25, 0.3) is 0 Å². The van der Waals surface area contributed by atoms with Gasteiger partial charge in [0.15, 0.2) is 0 Å². The van der Waals surface area contributed by atoms with E-state index in [0.717, 1.165) is 18.2 Å². The summed E-state index contributed by atoms with van der Waals surface area (Å²) in [5.74, 6) is 2.41. The molecule has 0 N–H and O–H groups in total. The third-order valence-corrected chi connectivity index (χ3v) is 2.06. The van der Waals surface area contributed by atoms with Crippen LogP contribution in [0.5, 0.6) is 5.88 Å². The van der Waals surface area contributed by atoms with Crippen LogP contribution in [0.15, 0.2) is 12.3 Å². The average Bonchev–Trinajstić information content (AvgIpc) is 2.89. The Morgan fingerprint density at radius 3 is 3.08 bits per heavy atom. The van der Waals surface area contributed by atoms with Gasteiger partial charge in [0.1, 0.15) is 5.82 Å². The van der Waals surface area contributed by atoms with Gasteiger partial charge in [-0.15, -0.1) is 0 Å². The minimum absolute atomic E-state index is 0.667. The van der Waals surface area contributed by atoms with E-state index in [0.29, 0.717) is 5.88 Å². The molecule has 1 aromatic rings. The molecule has 1 aliphatic rings. The molecule has 1 fully saturated rings. The van der Waals surface area contributed by atoms with Gasteiger partial charge in [-0.1, -0.05) is 0 Å². The van der Waals surface area contributed by atoms with Crippen molar-refractivity contribution < 1.29 is 4.74 Å². The molecule has 3 nitrogen and oxygen atoms in total. The van der Waals surface area contributed by atoms with E-state index < -0.39 is 0 Å². The average molecular weight is 164 g/mol. The summed E-state index contributed by atoms with van der Waals surface area (Å²) in [6.07, 6.45) is 5.43. The molecule has 0 amide bonds. The standard InChI is InChI=1S/C9H12N2O/c1-12-9-4-5-10-8(11-9)6-7-2-3-7/h4-5,7H,2-3,6H2,1H3. The predicted octanol–water partition coefficient (Wildman–Crippen LogP) is 1.44. The molecule has 1 aliphatic carbocycles. The molecule has 3 heteroatoms. The summed E-state index contributed by atoms with van der Waals surface area (Å²) < 4.78 is 5.01. The minimum atomic E-state index is 0.667. The number of hydrogen-bond donors (Lipinski definition) is 0. The Labute approximate surface area is 71.8 Å². The second-order valence-electron chi connectivity index (χ2n) is 3.16. The van der Waals surface area contributed by atoms with Gasteiger partial charge in [-0.05, 0) is 18.8 Å². The lowest BCUT2D eigenvalue weighted by Gasteiger charge is -2.00. The van der Waals surface area contributed by atoms with Gasteiger partial charge in [-0.2, -0.15) is 4.98 Å². The van der Waals surface area contributed by atoms with Crippen molar-refractivity contribution in [1.82, 2.24) is 9.97 Å². The SMILES string of the molecule is COc1ccnc(CC2CC2)n1. The zero-order chi connectivity index (χ0) is 8.39. The fourth-order valence-electron chi connectivity index (χ4n) is 1.17. The van der Waals surface area contributed by atoms with E-state index in [2.05, 4.69) is 9.97 Å². The van der Waals surface area contributed by atoms with Crippen molar-refractivity contribution >= 4 is 0 Å². The Hall–Kier alpha value is -1.12. The van der Waals surface area contributed by atoms with Crippen molar-refractivity contribution in [1.29, 1.82) is 0 Å². The van der Waals surface area contributed by atoms with Crippen molar-refractivity contribution in [2.24, 2.45) is 5.92 Å². The molecule has 0 bridgehead atoms. The maximum absolute atomic E-state index is 5.01. The maximum atomic E-state index is 5.01. The molecule has 1 aromatic heterocycles. The highest BCUT2D eigenvalue weighted by atomic mass is 16.5. The first-order chi connectivity index (χ1) is 5.88. The van der Waals surface area contributed by atoms with Crippen LogP contribution in [0.3, 0.4) is 0 Å². The summed E-state index contributed by atoms with van der Waals surface area (Å²) in [4.78, 5) is 8.41. The molecule has 0 saturated heterocycles. The van der Waals surface area contributed by atoms with Gasteiger partial charge in [-0.25, -0.2) is 4.98 Å². The number of methoxy groups -OCH3 is 1. The van der Waals surface area contributed by atoms with Crippen LogP contribution in [-0.4, -0.2) is 17.1 Å². The van der Waals surface area contributed by atoms with Crippen LogP contribution in [0.25, 0.3) is 0 Å². The van der Waals surface area contributed by atoms with E-state index in [1.807, 2.05) is 0 Å². The van der Waals surface area contributed by atoms with Crippen molar-refractivity contribution in [2.45, 2.75) is 19.3 Å². The van der Waals surface area contributed by atoms with Gasteiger partial charge >= 0.3 is 0 Å². The van der Waals surface area contributed by atoms with Crippen molar-refractivity contribution in [3.63, 3.8) is 0 Å². The first-order valence-corrected chi connectivity index (χ1v) is 4.24. The quantitative estimate of drug-likeness (QED) is 0.678. The van der Waals surface area contributed by atoms with Crippen LogP contribution < -0.4 is 4.74 Å². The smallest absolute Gasteiger partial charge is 0.216 e. The normalized spacial score (nSPS) is 16.1. The minimum Gasteiger partial charge on any atom is -0.481 e. The van der Waals surface area contributed by atoms with Gasteiger partial charge in [0.2, 0.25) is 5.88 Å². The van der Waals surface area contributed by atoms with E-state index in [-0.39, 0.29) is 0 Å². The molecule has 0 atom stereocenters. The molecule has 0 aromatic carbocycles. The second-order valence-corrected chi connectivity index (χ2v) is 3.16. The highest BCUT2D eigenvalue weighted by molar-refractivity contribution is 5.08. The van der Waals surface area contributed by atoms with Crippen molar-refractivity contribution in [3.05, 3.63) is 18.1 Å². The Morgan fingerprint density at radius 2 is 2.42 bits per heavy atom. The van der Waals surface area contributed by atoms with Crippen LogP contribution in [0, 0.1) is 5.92 Å². The van der Waals surface area contributed by atoms with Gasteiger partial charge in [0.05, 0.1) is 7.11 Å². The van der Waals surface area contributed by atoms with Crippen molar-refractivity contribution in [2.75, 3.05) is 7.11 Å². The van der Waals surface area contributed by atoms with Gasteiger partial charge in [-0.3, -0.25) is 0 Å². The second kappa shape index (κ2) is 3.09. The van der Waals surface area contributed by atoms with Crippen LogP contribution in [-0.2, 0) is 6.42 Å². The Kier molecular flexibility index (Phi) is 1.94. The molecule has 0 unspecified atom stereocenters. The van der Waals surface area contributed by atoms with E-state index in [4.69, 9.17) is 4.74 Å². The Morgan fingerprint density at radius 1 is 1.58 bits per heavy atom. The first kappa shape index (κ1) is 7.53. The third kappa shape index (κ3) is 1.72. The molecule has 1 heterocycles. The monoisotopic (exact) mass is 164 g/mol. The fourth-order valence-corrected chi connectivity index (χ4v) is 1.17. The third-order valence-electron chi connectivity index (χ3n) is 2.06.